The van der Waals surface area contributed by atoms with E-state index < -0.39 is 23.5 Å². The molecule has 0 amide bonds. The van der Waals surface area contributed by atoms with E-state index in [2.05, 4.69) is 0 Å². The maximum atomic E-state index is 8.77. The Morgan fingerprint density at radius 3 is 0.500 bits per heavy atom. The van der Waals surface area contributed by atoms with Crippen molar-refractivity contribution in [2.24, 2.45) is 0 Å². The molecule has 0 atom stereocenters. The second kappa shape index (κ2) is 19.7. The molecule has 128 valence electrons. The predicted octanol–water partition coefficient (Wildman–Crippen LogP) is -8.36. The van der Waals surface area contributed by atoms with Gasteiger partial charge in [-0.05, 0) is 0 Å². The first-order chi connectivity index (χ1) is 6.00. The minimum absolute atomic E-state index is 0. The van der Waals surface area contributed by atoms with Crippen molar-refractivity contribution in [2.45, 2.75) is 0 Å². The van der Waals surface area contributed by atoms with Crippen molar-refractivity contribution in [3.8, 4) is 0 Å². The summed E-state index contributed by atoms with van der Waals surface area (Å²) in [6.07, 6.45) is 0. The Kier molecular flexibility index (Phi) is 49.1. The molecule has 16 nitrogen and oxygen atoms in total. The average Bonchev–Trinajstić information content (AvgIpc) is 1.41. The molecule has 20 heteroatoms. The molecule has 0 radical (unpaired) electrons. The monoisotopic (exact) mass is 390 g/mol. The third kappa shape index (κ3) is 11900. The molecular weight excluding hydrogens is 376 g/mol. The van der Waals surface area contributed by atoms with Gasteiger partial charge in [0, 0.05) is 0 Å². The summed E-state index contributed by atoms with van der Waals surface area (Å²) in [5, 5.41) is 0. The molecule has 0 aromatic heterocycles. The molecule has 14 N–H and O–H groups in total. The van der Waals surface area contributed by atoms with E-state index in [9.17, 15) is 0 Å². The zero-order valence-corrected chi connectivity index (χ0v) is 12.9. The summed E-state index contributed by atoms with van der Waals surface area (Å²) >= 11 is 0. The molecule has 0 aliphatic carbocycles. The van der Waals surface area contributed by atoms with Crippen molar-refractivity contribution in [3.05, 3.63) is 0 Å². The largest absolute Gasteiger partial charge is 3.00 e. The van der Waals surface area contributed by atoms with E-state index in [-0.39, 0.29) is 39.3 Å². The molecule has 0 saturated heterocycles. The normalized spacial score (nSPS) is 8.85. The van der Waals surface area contributed by atoms with Gasteiger partial charge in [-0.2, -0.15) is 0 Å². The first kappa shape index (κ1) is 49.8. The summed E-state index contributed by atoms with van der Waals surface area (Å²) < 4.78 is 26.3. The molecule has 0 aliphatic rings. The van der Waals surface area contributed by atoms with E-state index in [4.69, 9.17) is 57.7 Å². The van der Waals surface area contributed by atoms with Gasteiger partial charge in [0.25, 0.3) is 23.5 Å². The summed E-state index contributed by atoms with van der Waals surface area (Å²) in [7, 11) is -14.7. The second-order valence-corrected chi connectivity index (χ2v) is 4.42. The third-order valence-corrected chi connectivity index (χ3v) is 0. The van der Waals surface area contributed by atoms with Gasteiger partial charge in [0.2, 0.25) is 0 Å². The van der Waals surface area contributed by atoms with Gasteiger partial charge in [-0.15, -0.1) is 0 Å². The first-order valence-electron chi connectivity index (χ1n) is 2.30. The molecule has 0 heterocycles. The molecular formula is H14AlO16P3. The van der Waals surface area contributed by atoms with E-state index in [0.717, 1.165) is 0 Å². The van der Waals surface area contributed by atoms with Gasteiger partial charge < -0.3 is 65.9 Å². The van der Waals surface area contributed by atoms with Crippen LogP contribution in [0.2, 0.25) is 0 Å². The third-order valence-electron chi connectivity index (χ3n) is 0. The van der Waals surface area contributed by atoms with Crippen molar-refractivity contribution in [3.63, 3.8) is 0 Å². The van der Waals surface area contributed by atoms with E-state index in [1.165, 1.54) is 0 Å². The summed E-state index contributed by atoms with van der Waals surface area (Å²) in [5.41, 5.74) is 0. The molecule has 0 aromatic carbocycles. The van der Waals surface area contributed by atoms with Gasteiger partial charge in [0.15, 0.2) is 0 Å². The Balaban J connectivity index is -0.0000000160. The first-order valence-corrected chi connectivity index (χ1v) is 6.89. The van der Waals surface area contributed by atoms with Crippen molar-refractivity contribution in [2.75, 3.05) is 0 Å². The molecule has 0 aromatic rings. The van der Waals surface area contributed by atoms with Crippen molar-refractivity contribution in [1.29, 1.82) is 0 Å². The Morgan fingerprint density at radius 1 is 0.500 bits per heavy atom. The predicted molar refractivity (Wildman–Crippen MR) is 56.3 cm³/mol. The van der Waals surface area contributed by atoms with Crippen LogP contribution in [0.15, 0.2) is 0 Å². The molecule has 0 spiro atoms. The van der Waals surface area contributed by atoms with Crippen molar-refractivity contribution >= 4 is 40.8 Å². The molecule has 20 heavy (non-hydrogen) atoms. The van der Waals surface area contributed by atoms with Crippen LogP contribution >= 0.6 is 23.5 Å². The van der Waals surface area contributed by atoms with Crippen molar-refractivity contribution in [1.82, 2.24) is 0 Å². The maximum Gasteiger partial charge on any atom is 3.00 e. The molecule has 0 aliphatic heterocycles. The second-order valence-electron chi connectivity index (χ2n) is 1.47. The van der Waals surface area contributed by atoms with E-state index in [1.54, 1.807) is 0 Å². The fourth-order valence-corrected chi connectivity index (χ4v) is 0. The molecule has 0 fully saturated rings. The number of hydrogen-bond acceptors (Lipinski definition) is 6. The molecule has 0 bridgehead atoms. The Morgan fingerprint density at radius 2 is 0.500 bits per heavy atom. The smallest absolute Gasteiger partial charge is 0.756 e. The minimum atomic E-state index is -4.89. The summed E-state index contributed by atoms with van der Waals surface area (Å²) in [6, 6.07) is 0. The van der Waals surface area contributed by atoms with Crippen LogP contribution in [0.3, 0.4) is 0 Å². The minimum Gasteiger partial charge on any atom is -0.756 e. The molecule has 0 unspecified atom stereocenters. The van der Waals surface area contributed by atoms with Crippen LogP contribution in [0.4, 0.5) is 0 Å². The van der Waals surface area contributed by atoms with Crippen LogP contribution in [0.1, 0.15) is 0 Å². The molecule has 0 rings (SSSR count). The average molecular weight is 390 g/mol. The van der Waals surface area contributed by atoms with E-state index >= 15 is 0 Å². The van der Waals surface area contributed by atoms with Crippen LogP contribution in [-0.2, 0) is 13.7 Å². The van der Waals surface area contributed by atoms with Crippen LogP contribution in [-0.4, -0.2) is 68.6 Å². The van der Waals surface area contributed by atoms with Gasteiger partial charge >= 0.3 is 17.4 Å². The van der Waals surface area contributed by atoms with Gasteiger partial charge in [-0.1, -0.05) is 0 Å². The fourth-order valence-electron chi connectivity index (χ4n) is 0. The molecule has 0 saturated carbocycles. The quantitative estimate of drug-likeness (QED) is 0.166. The van der Waals surface area contributed by atoms with Gasteiger partial charge in [-0.25, -0.2) is 0 Å². The zero-order chi connectivity index (χ0) is 13.5. The van der Waals surface area contributed by atoms with E-state index in [0.29, 0.717) is 0 Å². The fraction of sp³-hybridized carbons (Fsp3) is 0. The topological polar surface area (TPSA) is 368 Å². The Hall–Kier alpha value is 0.702. The van der Waals surface area contributed by atoms with Crippen LogP contribution in [0, 0.1) is 0 Å². The summed E-state index contributed by atoms with van der Waals surface area (Å²) in [6.45, 7) is 0. The Bertz CT molecular complexity index is 204. The van der Waals surface area contributed by atoms with Gasteiger partial charge in [0.1, 0.15) is 0 Å². The van der Waals surface area contributed by atoms with Crippen molar-refractivity contribution < 1.29 is 79.6 Å². The number of hydrogen-bond donors (Lipinski definition) is 6. The zero-order valence-electron chi connectivity index (χ0n) is 9.05. The van der Waals surface area contributed by atoms with E-state index in [1.807, 2.05) is 0 Å². The SMILES string of the molecule is O.O.O.O.O=P([O-])(O)O.O=P([O-])(O)O.O=P([O-])(O)O.[Al+3]. The van der Waals surface area contributed by atoms with Gasteiger partial charge in [-0.3, -0.25) is 13.7 Å². The van der Waals surface area contributed by atoms with Crippen LogP contribution < -0.4 is 14.7 Å². The Labute approximate surface area is 121 Å². The maximum absolute atomic E-state index is 8.77. The standard InChI is InChI=1S/Al.3H3O4P.4H2O/c;3*1-5(2,3)4;;;;/h;3*(H3,1,2,3,4);4*1H2/q+3;;;;;;;/p-3. The number of rotatable bonds is 0. The summed E-state index contributed by atoms with van der Waals surface area (Å²) in [5.74, 6) is 0. The van der Waals surface area contributed by atoms with Gasteiger partial charge in [0.05, 0.1) is 0 Å². The number of phosphoric acid groups is 3. The summed E-state index contributed by atoms with van der Waals surface area (Å²) in [4.78, 5) is 68.8. The van der Waals surface area contributed by atoms with Crippen LogP contribution in [0.25, 0.3) is 0 Å². The van der Waals surface area contributed by atoms with Crippen LogP contribution in [0.5, 0.6) is 0 Å².